The molecule has 0 amide bonds. The molecule has 1 aliphatic rings. The Morgan fingerprint density at radius 1 is 1.06 bits per heavy atom. The van der Waals surface area contributed by atoms with Gasteiger partial charge in [-0.15, -0.1) is 0 Å². The fourth-order valence-corrected chi connectivity index (χ4v) is 3.61. The highest BCUT2D eigenvalue weighted by atomic mass is 16.3. The molecule has 0 aromatic rings. The molecule has 1 saturated heterocycles. The summed E-state index contributed by atoms with van der Waals surface area (Å²) in [6.07, 6.45) is 4.70. The van der Waals surface area contributed by atoms with E-state index in [9.17, 15) is 5.11 Å². The third kappa shape index (κ3) is 2.85. The van der Waals surface area contributed by atoms with E-state index in [1.54, 1.807) is 0 Å². The maximum absolute atomic E-state index is 9.50. The van der Waals surface area contributed by atoms with Crippen LogP contribution in [0.25, 0.3) is 0 Å². The summed E-state index contributed by atoms with van der Waals surface area (Å²) in [6.45, 7) is 15.3. The van der Waals surface area contributed by atoms with Crippen LogP contribution < -0.4 is 0 Å². The van der Waals surface area contributed by atoms with Crippen molar-refractivity contribution < 1.29 is 5.11 Å². The molecular formula is C15H31NO. The summed E-state index contributed by atoms with van der Waals surface area (Å²) < 4.78 is 0. The highest BCUT2D eigenvalue weighted by molar-refractivity contribution is 5.05. The summed E-state index contributed by atoms with van der Waals surface area (Å²) in [5, 5.41) is 9.50. The van der Waals surface area contributed by atoms with E-state index in [1.807, 2.05) is 0 Å². The largest absolute Gasteiger partial charge is 0.396 e. The standard InChI is InChI=1S/C15H31NO/c1-13(2,3)15(10-12-17)9-7-8-11-16(15)14(4,5)6/h17H,7-12H2,1-6H3. The molecule has 0 bridgehead atoms. The minimum Gasteiger partial charge on any atom is -0.396 e. The molecular weight excluding hydrogens is 210 g/mol. The summed E-state index contributed by atoms with van der Waals surface area (Å²) in [6, 6.07) is 0. The van der Waals surface area contributed by atoms with Gasteiger partial charge in [0.25, 0.3) is 0 Å². The van der Waals surface area contributed by atoms with Crippen LogP contribution in [-0.2, 0) is 0 Å². The van der Waals surface area contributed by atoms with Crippen molar-refractivity contribution in [3.8, 4) is 0 Å². The van der Waals surface area contributed by atoms with Gasteiger partial charge in [0, 0.05) is 17.7 Å². The molecule has 17 heavy (non-hydrogen) atoms. The van der Waals surface area contributed by atoms with Gasteiger partial charge in [0.1, 0.15) is 0 Å². The van der Waals surface area contributed by atoms with Gasteiger partial charge in [0.05, 0.1) is 0 Å². The summed E-state index contributed by atoms with van der Waals surface area (Å²) in [5.41, 5.74) is 0.546. The molecule has 2 heteroatoms. The molecule has 0 radical (unpaired) electrons. The quantitative estimate of drug-likeness (QED) is 0.800. The van der Waals surface area contributed by atoms with Crippen molar-refractivity contribution in [3.05, 3.63) is 0 Å². The van der Waals surface area contributed by atoms with Crippen LogP contribution in [0.4, 0.5) is 0 Å². The third-order valence-corrected chi connectivity index (χ3v) is 4.47. The van der Waals surface area contributed by atoms with Crippen LogP contribution in [-0.4, -0.2) is 34.2 Å². The average Bonchev–Trinajstić information content (AvgIpc) is 2.15. The zero-order valence-corrected chi connectivity index (χ0v) is 12.6. The van der Waals surface area contributed by atoms with Gasteiger partial charge >= 0.3 is 0 Å². The van der Waals surface area contributed by atoms with Crippen molar-refractivity contribution in [2.75, 3.05) is 13.2 Å². The van der Waals surface area contributed by atoms with Crippen LogP contribution in [0.1, 0.15) is 67.2 Å². The van der Waals surface area contributed by atoms with Crippen molar-refractivity contribution in [2.45, 2.75) is 78.3 Å². The Kier molecular flexibility index (Phi) is 4.31. The average molecular weight is 241 g/mol. The van der Waals surface area contributed by atoms with E-state index in [0.29, 0.717) is 6.61 Å². The number of nitrogens with zero attached hydrogens (tertiary/aromatic N) is 1. The van der Waals surface area contributed by atoms with E-state index < -0.39 is 0 Å². The monoisotopic (exact) mass is 241 g/mol. The van der Waals surface area contributed by atoms with Crippen molar-refractivity contribution in [1.29, 1.82) is 0 Å². The molecule has 1 heterocycles. The first-order valence-corrected chi connectivity index (χ1v) is 7.04. The zero-order valence-electron chi connectivity index (χ0n) is 12.6. The summed E-state index contributed by atoms with van der Waals surface area (Å²) in [5.74, 6) is 0. The number of piperidine rings is 1. The topological polar surface area (TPSA) is 23.5 Å². The van der Waals surface area contributed by atoms with Gasteiger partial charge in [-0.2, -0.15) is 0 Å². The van der Waals surface area contributed by atoms with Crippen molar-refractivity contribution in [2.24, 2.45) is 5.41 Å². The van der Waals surface area contributed by atoms with Gasteiger partial charge in [0.15, 0.2) is 0 Å². The van der Waals surface area contributed by atoms with E-state index in [4.69, 9.17) is 0 Å². The van der Waals surface area contributed by atoms with E-state index in [0.717, 1.165) is 6.42 Å². The number of hydrogen-bond acceptors (Lipinski definition) is 2. The molecule has 1 rings (SSSR count). The lowest BCUT2D eigenvalue weighted by Gasteiger charge is -2.59. The zero-order chi connectivity index (χ0) is 13.3. The second kappa shape index (κ2) is 4.89. The van der Waals surface area contributed by atoms with Gasteiger partial charge in [-0.05, 0) is 52.0 Å². The predicted octanol–water partition coefficient (Wildman–Crippen LogP) is 3.44. The summed E-state index contributed by atoms with van der Waals surface area (Å²) >= 11 is 0. The van der Waals surface area contributed by atoms with Crippen LogP contribution in [0.3, 0.4) is 0 Å². The fourth-order valence-electron chi connectivity index (χ4n) is 3.61. The highest BCUT2D eigenvalue weighted by Gasteiger charge is 2.50. The Labute approximate surface area is 107 Å². The van der Waals surface area contributed by atoms with Crippen LogP contribution in [0, 0.1) is 5.41 Å². The Hall–Kier alpha value is -0.0800. The molecule has 1 atom stereocenters. The molecule has 1 aliphatic heterocycles. The van der Waals surface area contributed by atoms with E-state index in [2.05, 4.69) is 46.4 Å². The minimum absolute atomic E-state index is 0.151. The SMILES string of the molecule is CC(C)(C)N1CCCCC1(CCO)C(C)(C)C. The lowest BCUT2D eigenvalue weighted by atomic mass is 9.64. The van der Waals surface area contributed by atoms with Gasteiger partial charge in [0.2, 0.25) is 0 Å². The van der Waals surface area contributed by atoms with Gasteiger partial charge in [-0.25, -0.2) is 0 Å². The molecule has 0 aromatic heterocycles. The Balaban J connectivity index is 3.14. The van der Waals surface area contributed by atoms with Crippen LogP contribution in [0.2, 0.25) is 0 Å². The van der Waals surface area contributed by atoms with E-state index in [1.165, 1.54) is 25.8 Å². The maximum Gasteiger partial charge on any atom is 0.0448 e. The number of aliphatic hydroxyl groups is 1. The number of rotatable bonds is 2. The van der Waals surface area contributed by atoms with Crippen molar-refractivity contribution >= 4 is 0 Å². The Morgan fingerprint density at radius 2 is 1.65 bits per heavy atom. The fraction of sp³-hybridized carbons (Fsp3) is 1.00. The Bertz CT molecular complexity index is 245. The molecule has 2 nitrogen and oxygen atoms in total. The lowest BCUT2D eigenvalue weighted by Crippen LogP contribution is -2.65. The number of likely N-dealkylation sites (tertiary alicyclic amines) is 1. The summed E-state index contributed by atoms with van der Waals surface area (Å²) in [4.78, 5) is 2.65. The predicted molar refractivity (Wildman–Crippen MR) is 74.2 cm³/mol. The molecule has 1 N–H and O–H groups in total. The maximum atomic E-state index is 9.50. The number of hydrogen-bond donors (Lipinski definition) is 1. The first-order valence-electron chi connectivity index (χ1n) is 7.04. The van der Waals surface area contributed by atoms with Gasteiger partial charge in [-0.1, -0.05) is 27.2 Å². The minimum atomic E-state index is 0.151. The first kappa shape index (κ1) is 15.0. The van der Waals surface area contributed by atoms with Crippen LogP contribution in [0.5, 0.6) is 0 Å². The smallest absolute Gasteiger partial charge is 0.0448 e. The molecule has 1 unspecified atom stereocenters. The van der Waals surface area contributed by atoms with Crippen molar-refractivity contribution in [3.63, 3.8) is 0 Å². The van der Waals surface area contributed by atoms with E-state index >= 15 is 0 Å². The van der Waals surface area contributed by atoms with Gasteiger partial charge in [-0.3, -0.25) is 4.90 Å². The molecule has 1 fully saturated rings. The Morgan fingerprint density at radius 3 is 2.06 bits per heavy atom. The molecule has 0 spiro atoms. The molecule has 0 saturated carbocycles. The summed E-state index contributed by atoms with van der Waals surface area (Å²) in [7, 11) is 0. The molecule has 102 valence electrons. The molecule has 0 aromatic carbocycles. The van der Waals surface area contributed by atoms with E-state index in [-0.39, 0.29) is 16.5 Å². The second-order valence-electron chi connectivity index (χ2n) is 7.53. The molecule has 0 aliphatic carbocycles. The first-order chi connectivity index (χ1) is 7.65. The lowest BCUT2D eigenvalue weighted by molar-refractivity contribution is -0.0999. The highest BCUT2D eigenvalue weighted by Crippen LogP contribution is 2.47. The number of aliphatic hydroxyl groups excluding tert-OH is 1. The normalized spacial score (nSPS) is 28.4. The second-order valence-corrected chi connectivity index (χ2v) is 7.53. The van der Waals surface area contributed by atoms with Crippen molar-refractivity contribution in [1.82, 2.24) is 4.90 Å². The third-order valence-electron chi connectivity index (χ3n) is 4.47. The van der Waals surface area contributed by atoms with Crippen LogP contribution >= 0.6 is 0 Å². The van der Waals surface area contributed by atoms with Crippen LogP contribution in [0.15, 0.2) is 0 Å². The van der Waals surface area contributed by atoms with Gasteiger partial charge < -0.3 is 5.11 Å².